The lowest BCUT2D eigenvalue weighted by molar-refractivity contribution is 0.0701. The zero-order valence-electron chi connectivity index (χ0n) is 12.6. The highest BCUT2D eigenvalue weighted by molar-refractivity contribution is 7.17. The van der Waals surface area contributed by atoms with Crippen molar-refractivity contribution in [1.29, 1.82) is 5.26 Å². The fourth-order valence-corrected chi connectivity index (χ4v) is 2.74. The lowest BCUT2D eigenvalue weighted by Gasteiger charge is -2.11. The zero-order valence-corrected chi connectivity index (χ0v) is 13.4. The van der Waals surface area contributed by atoms with E-state index in [0.29, 0.717) is 34.5 Å². The molecule has 1 aromatic heterocycles. The fraction of sp³-hybridized carbons (Fsp3) is 0.312. The van der Waals surface area contributed by atoms with E-state index in [1.54, 1.807) is 25.1 Å². The predicted octanol–water partition coefficient (Wildman–Crippen LogP) is 3.72. The van der Waals surface area contributed by atoms with E-state index in [1.165, 1.54) is 0 Å². The highest BCUT2D eigenvalue weighted by atomic mass is 32.1. The van der Waals surface area contributed by atoms with E-state index >= 15 is 0 Å². The number of hydrogen-bond acceptors (Lipinski definition) is 5. The molecule has 2 rings (SSSR count). The average molecular weight is 316 g/mol. The van der Waals surface area contributed by atoms with Crippen molar-refractivity contribution in [3.8, 4) is 22.4 Å². The minimum Gasteiger partial charge on any atom is -0.492 e. The molecule has 0 saturated heterocycles. The first kappa shape index (κ1) is 16.0. The molecule has 0 aliphatic heterocycles. The maximum absolute atomic E-state index is 11.1. The number of benzene rings is 1. The Bertz CT molecular complexity index is 744. The van der Waals surface area contributed by atoms with Crippen LogP contribution in [0.3, 0.4) is 0 Å². The topological polar surface area (TPSA) is 83.2 Å². The Morgan fingerprint density at radius 3 is 2.77 bits per heavy atom. The number of hydrogen-bond donors (Lipinski definition) is 1. The number of nitriles is 1. The Kier molecular flexibility index (Phi) is 4.78. The largest absolute Gasteiger partial charge is 0.492 e. The van der Waals surface area contributed by atoms with Crippen molar-refractivity contribution in [2.45, 2.75) is 20.8 Å². The summed E-state index contributed by atoms with van der Waals surface area (Å²) < 4.78 is 5.67. The van der Waals surface area contributed by atoms with Gasteiger partial charge in [-0.3, -0.25) is 0 Å². The van der Waals surface area contributed by atoms with E-state index in [-0.39, 0.29) is 4.88 Å². The van der Waals surface area contributed by atoms with Crippen molar-refractivity contribution in [1.82, 2.24) is 4.98 Å². The van der Waals surface area contributed by atoms with Crippen molar-refractivity contribution >= 4 is 17.3 Å². The molecule has 0 radical (unpaired) electrons. The fourth-order valence-electron chi connectivity index (χ4n) is 1.84. The summed E-state index contributed by atoms with van der Waals surface area (Å²) in [7, 11) is 0. The quantitative estimate of drug-likeness (QED) is 0.908. The van der Waals surface area contributed by atoms with Crippen molar-refractivity contribution < 1.29 is 14.6 Å². The predicted molar refractivity (Wildman–Crippen MR) is 84.3 cm³/mol. The van der Waals surface area contributed by atoms with Crippen LogP contribution in [0.5, 0.6) is 5.75 Å². The Morgan fingerprint density at radius 2 is 2.23 bits per heavy atom. The molecule has 0 saturated carbocycles. The van der Waals surface area contributed by atoms with Crippen molar-refractivity contribution in [2.24, 2.45) is 5.92 Å². The minimum atomic E-state index is -0.980. The summed E-state index contributed by atoms with van der Waals surface area (Å²) >= 11 is 1.12. The van der Waals surface area contributed by atoms with Gasteiger partial charge in [-0.2, -0.15) is 5.26 Å². The third-order valence-electron chi connectivity index (χ3n) is 2.91. The lowest BCUT2D eigenvalue weighted by Crippen LogP contribution is -2.05. The number of aromatic nitrogens is 1. The second kappa shape index (κ2) is 6.58. The summed E-state index contributed by atoms with van der Waals surface area (Å²) in [5.74, 6) is -0.138. The molecule has 1 aromatic carbocycles. The summed E-state index contributed by atoms with van der Waals surface area (Å²) in [6.07, 6.45) is 0. The van der Waals surface area contributed by atoms with E-state index in [4.69, 9.17) is 15.1 Å². The van der Waals surface area contributed by atoms with Gasteiger partial charge < -0.3 is 9.84 Å². The maximum Gasteiger partial charge on any atom is 0.347 e. The number of aromatic carboxylic acids is 1. The van der Waals surface area contributed by atoms with Crippen LogP contribution in [0.4, 0.5) is 0 Å². The summed E-state index contributed by atoms with van der Waals surface area (Å²) in [4.78, 5) is 15.6. The number of rotatable bonds is 5. The number of thiazole rings is 1. The van der Waals surface area contributed by atoms with Gasteiger partial charge in [0.2, 0.25) is 0 Å². The molecular formula is C16H16N2O3S. The first-order valence-corrected chi connectivity index (χ1v) is 7.62. The third-order valence-corrected chi connectivity index (χ3v) is 4.11. The molecule has 0 fully saturated rings. The molecular weight excluding hydrogens is 300 g/mol. The Morgan fingerprint density at radius 1 is 1.50 bits per heavy atom. The van der Waals surface area contributed by atoms with Crippen molar-refractivity contribution in [3.05, 3.63) is 34.3 Å². The Balaban J connectivity index is 2.40. The maximum atomic E-state index is 11.1. The Labute approximate surface area is 132 Å². The third kappa shape index (κ3) is 3.43. The van der Waals surface area contributed by atoms with Crippen LogP contribution >= 0.6 is 11.3 Å². The molecule has 1 N–H and O–H groups in total. The molecule has 5 nitrogen and oxygen atoms in total. The van der Waals surface area contributed by atoms with E-state index in [2.05, 4.69) is 11.1 Å². The minimum absolute atomic E-state index is 0.226. The molecule has 1 heterocycles. The average Bonchev–Trinajstić information content (AvgIpc) is 2.87. The molecule has 0 atom stereocenters. The van der Waals surface area contributed by atoms with E-state index in [0.717, 1.165) is 16.9 Å². The van der Waals surface area contributed by atoms with Crippen LogP contribution in [0.1, 0.15) is 34.8 Å². The molecule has 0 aliphatic rings. The molecule has 0 unspecified atom stereocenters. The first-order valence-electron chi connectivity index (χ1n) is 6.80. The molecule has 0 amide bonds. The molecule has 2 aromatic rings. The van der Waals surface area contributed by atoms with Crippen LogP contribution in [0.15, 0.2) is 18.2 Å². The summed E-state index contributed by atoms with van der Waals surface area (Å²) in [6, 6.07) is 7.26. The molecule has 22 heavy (non-hydrogen) atoms. The Hall–Kier alpha value is -2.39. The standard InChI is InChI=1S/C16H16N2O3S/c1-9(2)8-21-13-6-11(4-5-12(13)7-17)15-18-10(3)14(22-15)16(19)20/h4-6,9H,8H2,1-3H3,(H,19,20). The highest BCUT2D eigenvalue weighted by Crippen LogP contribution is 2.32. The summed E-state index contributed by atoms with van der Waals surface area (Å²) in [5.41, 5.74) is 1.69. The molecule has 0 spiro atoms. The van der Waals surface area contributed by atoms with Gasteiger partial charge in [-0.15, -0.1) is 11.3 Å². The molecule has 6 heteroatoms. The van der Waals surface area contributed by atoms with E-state index in [9.17, 15) is 4.79 Å². The highest BCUT2D eigenvalue weighted by Gasteiger charge is 2.16. The van der Waals surface area contributed by atoms with Gasteiger partial charge in [-0.25, -0.2) is 9.78 Å². The van der Waals surface area contributed by atoms with Crippen molar-refractivity contribution in [3.63, 3.8) is 0 Å². The van der Waals surface area contributed by atoms with Gasteiger partial charge in [-0.05, 0) is 25.0 Å². The first-order chi connectivity index (χ1) is 10.4. The van der Waals surface area contributed by atoms with Gasteiger partial charge in [-0.1, -0.05) is 19.9 Å². The smallest absolute Gasteiger partial charge is 0.347 e. The van der Waals surface area contributed by atoms with E-state index < -0.39 is 5.97 Å². The molecule has 114 valence electrons. The zero-order chi connectivity index (χ0) is 16.3. The second-order valence-electron chi connectivity index (χ2n) is 5.27. The summed E-state index contributed by atoms with van der Waals surface area (Å²) in [5, 5.41) is 18.9. The van der Waals surface area contributed by atoms with Crippen molar-refractivity contribution in [2.75, 3.05) is 6.61 Å². The summed E-state index contributed by atoms with van der Waals surface area (Å²) in [6.45, 7) is 6.23. The number of carboxylic acids is 1. The normalized spacial score (nSPS) is 10.5. The van der Waals surface area contributed by atoms with Crippen LogP contribution in [-0.4, -0.2) is 22.7 Å². The van der Waals surface area contributed by atoms with Crippen LogP contribution in [-0.2, 0) is 0 Å². The van der Waals surface area contributed by atoms with Gasteiger partial charge >= 0.3 is 5.97 Å². The van der Waals surface area contributed by atoms with Gasteiger partial charge in [0.1, 0.15) is 21.7 Å². The number of aryl methyl sites for hydroxylation is 1. The van der Waals surface area contributed by atoms with Crippen LogP contribution < -0.4 is 4.74 Å². The monoisotopic (exact) mass is 316 g/mol. The van der Waals surface area contributed by atoms with E-state index in [1.807, 2.05) is 13.8 Å². The SMILES string of the molecule is Cc1nc(-c2ccc(C#N)c(OCC(C)C)c2)sc1C(=O)O. The van der Waals surface area contributed by atoms with Crippen LogP contribution in [0.2, 0.25) is 0 Å². The number of nitrogens with zero attached hydrogens (tertiary/aromatic N) is 2. The molecule has 0 bridgehead atoms. The lowest BCUT2D eigenvalue weighted by atomic mass is 10.1. The van der Waals surface area contributed by atoms with Crippen LogP contribution in [0, 0.1) is 24.2 Å². The van der Waals surface area contributed by atoms with Gasteiger partial charge in [0.05, 0.1) is 17.9 Å². The van der Waals surface area contributed by atoms with Gasteiger partial charge in [0.25, 0.3) is 0 Å². The number of carbonyl (C=O) groups is 1. The number of carboxylic acid groups (broad SMARTS) is 1. The van der Waals surface area contributed by atoms with Gasteiger partial charge in [0, 0.05) is 5.56 Å². The van der Waals surface area contributed by atoms with Gasteiger partial charge in [0.15, 0.2) is 0 Å². The number of ether oxygens (including phenoxy) is 1. The second-order valence-corrected chi connectivity index (χ2v) is 6.27. The van der Waals surface area contributed by atoms with Crippen LogP contribution in [0.25, 0.3) is 10.6 Å². The molecule has 0 aliphatic carbocycles.